The van der Waals surface area contributed by atoms with Gasteiger partial charge in [0.2, 0.25) is 6.79 Å². The summed E-state index contributed by atoms with van der Waals surface area (Å²) in [5.41, 5.74) is 2.64. The molecule has 0 unspecified atom stereocenters. The number of carbonyl (C=O) groups excluding carboxylic acids is 3. The molecule has 0 atom stereocenters. The number of rotatable bonds is 8. The highest BCUT2D eigenvalue weighted by molar-refractivity contribution is 5.96. The lowest BCUT2D eigenvalue weighted by molar-refractivity contribution is -0.147. The van der Waals surface area contributed by atoms with Gasteiger partial charge in [0, 0.05) is 12.1 Å². The van der Waals surface area contributed by atoms with Gasteiger partial charge in [0.1, 0.15) is 6.54 Å². The Labute approximate surface area is 168 Å². The van der Waals surface area contributed by atoms with Gasteiger partial charge < -0.3 is 24.8 Å². The molecule has 0 fully saturated rings. The summed E-state index contributed by atoms with van der Waals surface area (Å²) < 4.78 is 15.3. The molecule has 2 amide bonds. The number of ether oxygens (including phenoxy) is 3. The minimum Gasteiger partial charge on any atom is -0.454 e. The SMILES string of the molecule is Cc1ccccc1CCNC(=O)COC(=O)CNC(=O)c1ccc2c(c1)OCO2. The van der Waals surface area contributed by atoms with E-state index < -0.39 is 24.4 Å². The first-order valence-corrected chi connectivity index (χ1v) is 9.17. The summed E-state index contributed by atoms with van der Waals surface area (Å²) in [4.78, 5) is 35.6. The number of carbonyl (C=O) groups is 3. The maximum atomic E-state index is 12.1. The van der Waals surface area contributed by atoms with E-state index in [1.54, 1.807) is 12.1 Å². The summed E-state index contributed by atoms with van der Waals surface area (Å²) in [5.74, 6) is -0.512. The van der Waals surface area contributed by atoms with E-state index in [4.69, 9.17) is 14.2 Å². The zero-order valence-electron chi connectivity index (χ0n) is 16.0. The molecule has 0 aromatic heterocycles. The van der Waals surface area contributed by atoms with Crippen molar-refractivity contribution in [3.63, 3.8) is 0 Å². The van der Waals surface area contributed by atoms with Crippen molar-refractivity contribution in [2.24, 2.45) is 0 Å². The Morgan fingerprint density at radius 2 is 1.83 bits per heavy atom. The van der Waals surface area contributed by atoms with Crippen molar-refractivity contribution in [3.8, 4) is 11.5 Å². The molecule has 8 nitrogen and oxygen atoms in total. The predicted octanol–water partition coefficient (Wildman–Crippen LogP) is 1.36. The molecule has 2 aromatic carbocycles. The molecule has 1 aliphatic heterocycles. The first-order valence-electron chi connectivity index (χ1n) is 9.17. The molecule has 0 aliphatic carbocycles. The van der Waals surface area contributed by atoms with Crippen LogP contribution in [0.4, 0.5) is 0 Å². The molecule has 1 aliphatic rings. The Morgan fingerprint density at radius 1 is 1.03 bits per heavy atom. The van der Waals surface area contributed by atoms with Crippen LogP contribution in [0.5, 0.6) is 11.5 Å². The summed E-state index contributed by atoms with van der Waals surface area (Å²) >= 11 is 0. The number of esters is 1. The molecule has 1 heterocycles. The van der Waals surface area contributed by atoms with E-state index >= 15 is 0 Å². The minimum atomic E-state index is -0.701. The number of hydrogen-bond acceptors (Lipinski definition) is 6. The maximum absolute atomic E-state index is 12.1. The fraction of sp³-hybridized carbons (Fsp3) is 0.286. The highest BCUT2D eigenvalue weighted by Crippen LogP contribution is 2.32. The lowest BCUT2D eigenvalue weighted by atomic mass is 10.1. The van der Waals surface area contributed by atoms with Crippen LogP contribution in [0.1, 0.15) is 21.5 Å². The highest BCUT2D eigenvalue weighted by Gasteiger charge is 2.17. The molecular weight excluding hydrogens is 376 g/mol. The van der Waals surface area contributed by atoms with Gasteiger partial charge in [-0.15, -0.1) is 0 Å². The minimum absolute atomic E-state index is 0.111. The van der Waals surface area contributed by atoms with E-state index in [9.17, 15) is 14.4 Å². The Bertz CT molecular complexity index is 912. The van der Waals surface area contributed by atoms with Crippen molar-refractivity contribution in [3.05, 3.63) is 59.2 Å². The third kappa shape index (κ3) is 5.71. The average molecular weight is 398 g/mol. The summed E-state index contributed by atoms with van der Waals surface area (Å²) in [6.45, 7) is 1.83. The van der Waals surface area contributed by atoms with Gasteiger partial charge in [-0.05, 0) is 42.7 Å². The van der Waals surface area contributed by atoms with Crippen LogP contribution in [0.25, 0.3) is 0 Å². The van der Waals surface area contributed by atoms with E-state index in [1.807, 2.05) is 31.2 Å². The smallest absolute Gasteiger partial charge is 0.325 e. The van der Waals surface area contributed by atoms with Crippen molar-refractivity contribution in [1.82, 2.24) is 10.6 Å². The Balaban J connectivity index is 1.33. The largest absolute Gasteiger partial charge is 0.454 e. The second kappa shape index (κ2) is 9.59. The molecule has 0 bridgehead atoms. The van der Waals surface area contributed by atoms with Crippen LogP contribution in [0.3, 0.4) is 0 Å². The average Bonchev–Trinajstić information content (AvgIpc) is 3.19. The zero-order chi connectivity index (χ0) is 20.6. The molecule has 0 radical (unpaired) electrons. The van der Waals surface area contributed by atoms with Crippen molar-refractivity contribution in [1.29, 1.82) is 0 Å². The van der Waals surface area contributed by atoms with Crippen molar-refractivity contribution >= 4 is 17.8 Å². The van der Waals surface area contributed by atoms with Crippen LogP contribution >= 0.6 is 0 Å². The van der Waals surface area contributed by atoms with Gasteiger partial charge in [-0.3, -0.25) is 14.4 Å². The summed E-state index contributed by atoms with van der Waals surface area (Å²) in [7, 11) is 0. The third-order valence-corrected chi connectivity index (χ3v) is 4.37. The summed E-state index contributed by atoms with van der Waals surface area (Å²) in [6.07, 6.45) is 0.692. The molecule has 29 heavy (non-hydrogen) atoms. The third-order valence-electron chi connectivity index (χ3n) is 4.37. The van der Waals surface area contributed by atoms with Crippen LogP contribution in [-0.2, 0) is 20.7 Å². The van der Waals surface area contributed by atoms with Gasteiger partial charge in [-0.25, -0.2) is 0 Å². The molecule has 3 rings (SSSR count). The Hall–Kier alpha value is -3.55. The summed E-state index contributed by atoms with van der Waals surface area (Å²) in [6, 6.07) is 12.6. The first kappa shape index (κ1) is 20.2. The maximum Gasteiger partial charge on any atom is 0.325 e. The monoisotopic (exact) mass is 398 g/mol. The van der Waals surface area contributed by atoms with Crippen LogP contribution in [0, 0.1) is 6.92 Å². The normalized spacial score (nSPS) is 11.6. The highest BCUT2D eigenvalue weighted by atomic mass is 16.7. The predicted molar refractivity (Wildman–Crippen MR) is 104 cm³/mol. The standard InChI is InChI=1S/C21H22N2O6/c1-14-4-2-3-5-15(14)8-9-22-19(24)12-27-20(25)11-23-21(26)16-6-7-17-18(10-16)29-13-28-17/h2-7,10H,8-9,11-13H2,1H3,(H,22,24)(H,23,26). The van der Waals surface area contributed by atoms with Crippen LogP contribution in [0.2, 0.25) is 0 Å². The zero-order valence-corrected chi connectivity index (χ0v) is 16.0. The fourth-order valence-electron chi connectivity index (χ4n) is 2.77. The number of nitrogens with one attached hydrogen (secondary N) is 2. The van der Waals surface area contributed by atoms with Gasteiger partial charge >= 0.3 is 5.97 Å². The van der Waals surface area contributed by atoms with Gasteiger partial charge in [0.25, 0.3) is 11.8 Å². The number of aryl methyl sites for hydroxylation is 1. The molecule has 0 saturated carbocycles. The van der Waals surface area contributed by atoms with Gasteiger partial charge in [0.15, 0.2) is 18.1 Å². The van der Waals surface area contributed by atoms with E-state index in [0.29, 0.717) is 30.0 Å². The molecule has 0 saturated heterocycles. The molecule has 0 spiro atoms. The van der Waals surface area contributed by atoms with Crippen molar-refractivity contribution < 1.29 is 28.6 Å². The Kier molecular flexibility index (Phi) is 6.67. The quantitative estimate of drug-likeness (QED) is 0.651. The van der Waals surface area contributed by atoms with Crippen LogP contribution in [-0.4, -0.2) is 44.3 Å². The van der Waals surface area contributed by atoms with E-state index in [1.165, 1.54) is 6.07 Å². The number of fused-ring (bicyclic) bond motifs is 1. The number of hydrogen-bond donors (Lipinski definition) is 2. The molecular formula is C21H22N2O6. The molecule has 2 N–H and O–H groups in total. The number of amides is 2. The van der Waals surface area contributed by atoms with E-state index in [2.05, 4.69) is 10.6 Å². The molecule has 8 heteroatoms. The molecule has 2 aromatic rings. The Morgan fingerprint density at radius 3 is 2.66 bits per heavy atom. The lowest BCUT2D eigenvalue weighted by Gasteiger charge is -2.09. The van der Waals surface area contributed by atoms with Gasteiger partial charge in [-0.2, -0.15) is 0 Å². The van der Waals surface area contributed by atoms with Crippen LogP contribution < -0.4 is 20.1 Å². The van der Waals surface area contributed by atoms with E-state index in [0.717, 1.165) is 11.1 Å². The first-order chi connectivity index (χ1) is 14.0. The fourth-order valence-corrected chi connectivity index (χ4v) is 2.77. The second-order valence-corrected chi connectivity index (χ2v) is 6.44. The van der Waals surface area contributed by atoms with Gasteiger partial charge in [0.05, 0.1) is 0 Å². The number of benzene rings is 2. The topological polar surface area (TPSA) is 103 Å². The van der Waals surface area contributed by atoms with E-state index in [-0.39, 0.29) is 13.3 Å². The van der Waals surface area contributed by atoms with Crippen molar-refractivity contribution in [2.75, 3.05) is 26.5 Å². The lowest BCUT2D eigenvalue weighted by Crippen LogP contribution is -2.34. The molecule has 152 valence electrons. The van der Waals surface area contributed by atoms with Crippen LogP contribution in [0.15, 0.2) is 42.5 Å². The van der Waals surface area contributed by atoms with Crippen molar-refractivity contribution in [2.45, 2.75) is 13.3 Å². The van der Waals surface area contributed by atoms with Gasteiger partial charge in [-0.1, -0.05) is 24.3 Å². The second-order valence-electron chi connectivity index (χ2n) is 6.44. The summed E-state index contributed by atoms with van der Waals surface area (Å²) in [5, 5.41) is 5.14.